The number of hydrogen-bond donors (Lipinski definition) is 1. The number of benzene rings is 3. The van der Waals surface area contributed by atoms with E-state index in [0.29, 0.717) is 28.3 Å². The molecule has 1 aliphatic rings. The highest BCUT2D eigenvalue weighted by Crippen LogP contribution is 2.35. The average Bonchev–Trinajstić information content (AvgIpc) is 3.38. The van der Waals surface area contributed by atoms with Gasteiger partial charge in [-0.15, -0.1) is 5.10 Å². The van der Waals surface area contributed by atoms with Crippen LogP contribution in [0.2, 0.25) is 0 Å². The molecular weight excluding hydrogens is 494 g/mol. The molecule has 1 N–H and O–H groups in total. The number of amides is 2. The molecule has 202 valence electrons. The van der Waals surface area contributed by atoms with Crippen molar-refractivity contribution >= 4 is 28.5 Å². The Morgan fingerprint density at radius 3 is 2.31 bits per heavy atom. The Morgan fingerprint density at radius 1 is 0.949 bits per heavy atom. The van der Waals surface area contributed by atoms with E-state index in [0.717, 1.165) is 31.2 Å². The Bertz CT molecular complexity index is 1410. The molecule has 0 saturated heterocycles. The lowest BCUT2D eigenvalue weighted by Gasteiger charge is -2.33. The van der Waals surface area contributed by atoms with Crippen LogP contribution in [0.15, 0.2) is 72.8 Å². The number of ether oxygens (including phenoxy) is 2. The summed E-state index contributed by atoms with van der Waals surface area (Å²) in [4.78, 5) is 29.8. The monoisotopic (exact) mass is 527 g/mol. The number of aromatic nitrogens is 3. The van der Waals surface area contributed by atoms with Gasteiger partial charge < -0.3 is 14.8 Å². The van der Waals surface area contributed by atoms with Gasteiger partial charge in [0.2, 0.25) is 11.8 Å². The van der Waals surface area contributed by atoms with Crippen molar-refractivity contribution in [2.45, 2.75) is 50.7 Å². The fourth-order valence-corrected chi connectivity index (χ4v) is 5.19. The molecule has 0 spiro atoms. The first kappa shape index (κ1) is 26.2. The first-order valence-electron chi connectivity index (χ1n) is 13.3. The Morgan fingerprint density at radius 2 is 1.62 bits per heavy atom. The molecule has 0 aliphatic heterocycles. The maximum atomic E-state index is 14.2. The quantitative estimate of drug-likeness (QED) is 0.340. The van der Waals surface area contributed by atoms with Crippen LogP contribution in [0.25, 0.3) is 11.0 Å². The van der Waals surface area contributed by atoms with Crippen molar-refractivity contribution in [2.75, 3.05) is 19.1 Å². The molecule has 3 aromatic carbocycles. The predicted molar refractivity (Wildman–Crippen MR) is 149 cm³/mol. The lowest BCUT2D eigenvalue weighted by molar-refractivity contribution is -0.127. The van der Waals surface area contributed by atoms with Crippen LogP contribution < -0.4 is 19.7 Å². The van der Waals surface area contributed by atoms with Gasteiger partial charge in [-0.2, -0.15) is 0 Å². The van der Waals surface area contributed by atoms with Gasteiger partial charge in [0, 0.05) is 24.2 Å². The molecule has 5 rings (SSSR count). The van der Waals surface area contributed by atoms with E-state index in [9.17, 15) is 9.59 Å². The second kappa shape index (κ2) is 12.0. The van der Waals surface area contributed by atoms with Gasteiger partial charge in [-0.1, -0.05) is 66.9 Å². The number of rotatable bonds is 9. The minimum Gasteiger partial charge on any atom is -0.497 e. The highest BCUT2D eigenvalue weighted by atomic mass is 16.5. The summed E-state index contributed by atoms with van der Waals surface area (Å²) in [7, 11) is 3.10. The maximum absolute atomic E-state index is 14.2. The zero-order valence-electron chi connectivity index (χ0n) is 22.2. The minimum absolute atomic E-state index is 0.0773. The molecule has 1 aromatic heterocycles. The molecule has 1 unspecified atom stereocenters. The van der Waals surface area contributed by atoms with Gasteiger partial charge in [-0.3, -0.25) is 14.5 Å². The van der Waals surface area contributed by atoms with Gasteiger partial charge in [0.1, 0.15) is 29.6 Å². The van der Waals surface area contributed by atoms with E-state index >= 15 is 0 Å². The third-order valence-electron chi connectivity index (χ3n) is 7.16. The fraction of sp³-hybridized carbons (Fsp3) is 0.333. The van der Waals surface area contributed by atoms with E-state index in [1.54, 1.807) is 37.1 Å². The molecule has 1 saturated carbocycles. The molecule has 0 bridgehead atoms. The first-order chi connectivity index (χ1) is 19.1. The molecule has 2 amide bonds. The van der Waals surface area contributed by atoms with E-state index in [1.165, 1.54) is 11.3 Å². The number of anilines is 1. The molecule has 39 heavy (non-hydrogen) atoms. The Balaban J connectivity index is 1.60. The second-order valence-corrected chi connectivity index (χ2v) is 9.73. The molecular formula is C30H33N5O4. The standard InChI is InChI=1S/C30H33N5O4/c1-38-24-17-23(18-25(19-24)39-2)35(28(36)20-34-27-16-10-9-15-26(27)32-33-34)29(21-11-5-3-6-12-21)30(37)31-22-13-7-4-8-14-22/h3,5-6,9-12,15-19,22,29H,4,7-8,13-14,20H2,1-2H3,(H,31,37). The van der Waals surface area contributed by atoms with Crippen LogP contribution in [-0.4, -0.2) is 47.1 Å². The van der Waals surface area contributed by atoms with E-state index in [4.69, 9.17) is 9.47 Å². The summed E-state index contributed by atoms with van der Waals surface area (Å²) in [6.45, 7) is -0.111. The number of carbonyl (C=O) groups is 2. The van der Waals surface area contributed by atoms with Gasteiger partial charge in [-0.25, -0.2) is 4.68 Å². The van der Waals surface area contributed by atoms with Crippen LogP contribution in [-0.2, 0) is 16.1 Å². The number of nitrogens with zero attached hydrogens (tertiary/aromatic N) is 4. The van der Waals surface area contributed by atoms with Gasteiger partial charge in [0.05, 0.1) is 25.4 Å². The summed E-state index contributed by atoms with van der Waals surface area (Å²) in [6.07, 6.45) is 5.19. The van der Waals surface area contributed by atoms with Crippen molar-refractivity contribution in [3.05, 3.63) is 78.4 Å². The summed E-state index contributed by atoms with van der Waals surface area (Å²) < 4.78 is 12.6. The third kappa shape index (κ3) is 5.87. The summed E-state index contributed by atoms with van der Waals surface area (Å²) in [5, 5.41) is 11.7. The van der Waals surface area contributed by atoms with E-state index in [1.807, 2.05) is 54.6 Å². The summed E-state index contributed by atoms with van der Waals surface area (Å²) in [6, 6.07) is 21.2. The number of carbonyl (C=O) groups excluding carboxylic acids is 2. The van der Waals surface area contributed by atoms with Crippen LogP contribution in [0.1, 0.15) is 43.7 Å². The molecule has 4 aromatic rings. The Kier molecular flexibility index (Phi) is 8.05. The lowest BCUT2D eigenvalue weighted by atomic mass is 9.94. The SMILES string of the molecule is COc1cc(OC)cc(N(C(=O)Cn2nnc3ccccc32)C(C(=O)NC2CCCCC2)c2ccccc2)c1. The maximum Gasteiger partial charge on any atom is 0.249 e. The van der Waals surface area contributed by atoms with Crippen LogP contribution >= 0.6 is 0 Å². The van der Waals surface area contributed by atoms with Crippen LogP contribution in [0.3, 0.4) is 0 Å². The van der Waals surface area contributed by atoms with Crippen molar-refractivity contribution in [1.82, 2.24) is 20.3 Å². The second-order valence-electron chi connectivity index (χ2n) is 9.73. The number of methoxy groups -OCH3 is 2. The number of fused-ring (bicyclic) bond motifs is 1. The van der Waals surface area contributed by atoms with Crippen molar-refractivity contribution in [3.63, 3.8) is 0 Å². The molecule has 0 radical (unpaired) electrons. The molecule has 9 nitrogen and oxygen atoms in total. The van der Waals surface area contributed by atoms with E-state index < -0.39 is 6.04 Å². The van der Waals surface area contributed by atoms with Crippen molar-refractivity contribution < 1.29 is 19.1 Å². The van der Waals surface area contributed by atoms with E-state index in [-0.39, 0.29) is 24.4 Å². The van der Waals surface area contributed by atoms with Crippen molar-refractivity contribution in [3.8, 4) is 11.5 Å². The predicted octanol–water partition coefficient (Wildman–Crippen LogP) is 4.67. The highest BCUT2D eigenvalue weighted by molar-refractivity contribution is 6.02. The summed E-state index contributed by atoms with van der Waals surface area (Å²) in [5.74, 6) is 0.459. The van der Waals surface area contributed by atoms with Crippen LogP contribution in [0.4, 0.5) is 5.69 Å². The van der Waals surface area contributed by atoms with Crippen LogP contribution in [0.5, 0.6) is 11.5 Å². The van der Waals surface area contributed by atoms with Gasteiger partial charge in [0.15, 0.2) is 0 Å². The number of para-hydroxylation sites is 1. The normalized spacial score (nSPS) is 14.5. The number of hydrogen-bond acceptors (Lipinski definition) is 6. The Labute approximate surface area is 227 Å². The first-order valence-corrected chi connectivity index (χ1v) is 13.3. The summed E-state index contributed by atoms with van der Waals surface area (Å²) >= 11 is 0. The van der Waals surface area contributed by atoms with E-state index in [2.05, 4.69) is 15.6 Å². The minimum atomic E-state index is -0.924. The van der Waals surface area contributed by atoms with Crippen LogP contribution in [0, 0.1) is 0 Å². The van der Waals surface area contributed by atoms with Gasteiger partial charge in [0.25, 0.3) is 0 Å². The van der Waals surface area contributed by atoms with Gasteiger partial charge in [-0.05, 0) is 30.5 Å². The zero-order valence-corrected chi connectivity index (χ0v) is 22.2. The number of nitrogens with one attached hydrogen (secondary N) is 1. The molecule has 1 atom stereocenters. The molecule has 9 heteroatoms. The topological polar surface area (TPSA) is 98.6 Å². The smallest absolute Gasteiger partial charge is 0.249 e. The van der Waals surface area contributed by atoms with Crippen molar-refractivity contribution in [1.29, 1.82) is 0 Å². The fourth-order valence-electron chi connectivity index (χ4n) is 5.19. The largest absolute Gasteiger partial charge is 0.497 e. The zero-order chi connectivity index (χ0) is 27.2. The van der Waals surface area contributed by atoms with Crippen molar-refractivity contribution in [2.24, 2.45) is 0 Å². The van der Waals surface area contributed by atoms with Gasteiger partial charge >= 0.3 is 0 Å². The molecule has 1 aliphatic carbocycles. The third-order valence-corrected chi connectivity index (χ3v) is 7.16. The lowest BCUT2D eigenvalue weighted by Crippen LogP contribution is -2.48. The molecule has 1 heterocycles. The average molecular weight is 528 g/mol. The Hall–Kier alpha value is -4.40. The highest BCUT2D eigenvalue weighted by Gasteiger charge is 2.35. The summed E-state index contributed by atoms with van der Waals surface area (Å²) in [5.41, 5.74) is 2.60. The molecule has 1 fully saturated rings.